The average molecular weight is 457 g/mol. The number of piperidine rings is 1. The monoisotopic (exact) mass is 456 g/mol. The first kappa shape index (κ1) is 21.2. The lowest BCUT2D eigenvalue weighted by Gasteiger charge is -2.39. The molecule has 2 heterocycles. The Morgan fingerprint density at radius 1 is 1.13 bits per heavy atom. The zero-order valence-electron chi connectivity index (χ0n) is 16.0. The fourth-order valence-corrected chi connectivity index (χ4v) is 4.31. The van der Waals surface area contributed by atoms with Gasteiger partial charge in [0.15, 0.2) is 11.6 Å². The molecule has 160 valence electrons. The summed E-state index contributed by atoms with van der Waals surface area (Å²) < 4.78 is 34.3. The number of ether oxygens (including phenoxy) is 1. The van der Waals surface area contributed by atoms with Gasteiger partial charge < -0.3 is 20.1 Å². The number of fused-ring (bicyclic) bond motifs is 1. The van der Waals surface area contributed by atoms with Crippen LogP contribution in [0.2, 0.25) is 10.0 Å². The Bertz CT molecular complexity index is 971. The van der Waals surface area contributed by atoms with Crippen molar-refractivity contribution in [3.63, 3.8) is 0 Å². The normalized spacial score (nSPS) is 18.0. The maximum absolute atomic E-state index is 14.2. The topological polar surface area (TPSA) is 61.8 Å². The third-order valence-electron chi connectivity index (χ3n) is 5.57. The van der Waals surface area contributed by atoms with E-state index in [0.717, 1.165) is 17.7 Å². The summed E-state index contributed by atoms with van der Waals surface area (Å²) in [6.07, 6.45) is 1.39. The highest BCUT2D eigenvalue weighted by atomic mass is 35.5. The van der Waals surface area contributed by atoms with Gasteiger partial charge in [-0.15, -0.1) is 0 Å². The second kappa shape index (κ2) is 8.21. The van der Waals surface area contributed by atoms with Gasteiger partial charge in [0, 0.05) is 30.1 Å². The van der Waals surface area contributed by atoms with Crippen molar-refractivity contribution in [1.82, 2.24) is 0 Å². The molecule has 1 fully saturated rings. The minimum atomic E-state index is -1.14. The molecule has 4 rings (SSSR count). The van der Waals surface area contributed by atoms with E-state index in [1.54, 1.807) is 17.0 Å². The molecule has 30 heavy (non-hydrogen) atoms. The summed E-state index contributed by atoms with van der Waals surface area (Å²) in [5.41, 5.74) is 0.0690. The van der Waals surface area contributed by atoms with E-state index in [4.69, 9.17) is 27.9 Å². The second-order valence-corrected chi connectivity index (χ2v) is 8.51. The van der Waals surface area contributed by atoms with Crippen LogP contribution in [0.15, 0.2) is 24.3 Å². The van der Waals surface area contributed by atoms with Gasteiger partial charge in [-0.1, -0.05) is 23.2 Å². The van der Waals surface area contributed by atoms with E-state index in [2.05, 4.69) is 5.32 Å². The van der Waals surface area contributed by atoms with Crippen LogP contribution in [0.5, 0.6) is 5.75 Å². The van der Waals surface area contributed by atoms with Crippen molar-refractivity contribution in [3.05, 3.63) is 51.5 Å². The van der Waals surface area contributed by atoms with Crippen molar-refractivity contribution in [2.75, 3.05) is 29.9 Å². The van der Waals surface area contributed by atoms with E-state index in [1.807, 2.05) is 0 Å². The molecule has 2 aromatic carbocycles. The molecule has 0 bridgehead atoms. The Hall–Kier alpha value is -2.09. The van der Waals surface area contributed by atoms with E-state index in [1.165, 1.54) is 0 Å². The van der Waals surface area contributed by atoms with Crippen LogP contribution in [0.3, 0.4) is 0 Å². The Kier molecular flexibility index (Phi) is 5.79. The van der Waals surface area contributed by atoms with Gasteiger partial charge in [-0.05, 0) is 43.5 Å². The van der Waals surface area contributed by atoms with Crippen molar-refractivity contribution < 1.29 is 23.4 Å². The third-order valence-corrected chi connectivity index (χ3v) is 6.11. The Balaban J connectivity index is 1.43. The van der Waals surface area contributed by atoms with Crippen molar-refractivity contribution >= 4 is 40.5 Å². The SMILES string of the molecule is O=C1CCc2c(OCC3(O)CCN(c4c(F)cc(Cl)cc4F)CC3)ccc(Cl)c2N1. The average Bonchev–Trinajstić information content (AvgIpc) is 2.69. The highest BCUT2D eigenvalue weighted by Gasteiger charge is 2.35. The minimum absolute atomic E-state index is 0.00171. The number of hydrogen-bond acceptors (Lipinski definition) is 4. The molecule has 2 aromatic rings. The molecular formula is C21H20Cl2F2N2O3. The molecule has 0 unspecified atom stereocenters. The molecule has 0 saturated carbocycles. The zero-order valence-corrected chi connectivity index (χ0v) is 17.5. The van der Waals surface area contributed by atoms with Gasteiger partial charge in [0.05, 0.1) is 10.7 Å². The molecule has 0 aliphatic carbocycles. The van der Waals surface area contributed by atoms with Gasteiger partial charge in [-0.2, -0.15) is 0 Å². The summed E-state index contributed by atoms with van der Waals surface area (Å²) >= 11 is 11.9. The molecule has 5 nitrogen and oxygen atoms in total. The lowest BCUT2D eigenvalue weighted by atomic mass is 9.92. The van der Waals surface area contributed by atoms with E-state index < -0.39 is 17.2 Å². The Morgan fingerprint density at radius 3 is 2.47 bits per heavy atom. The lowest BCUT2D eigenvalue weighted by Crippen LogP contribution is -2.48. The summed E-state index contributed by atoms with van der Waals surface area (Å²) in [6, 6.07) is 5.51. The van der Waals surface area contributed by atoms with Crippen LogP contribution in [0, 0.1) is 11.6 Å². The van der Waals surface area contributed by atoms with E-state index in [-0.39, 0.29) is 49.2 Å². The number of nitrogens with one attached hydrogen (secondary N) is 1. The van der Waals surface area contributed by atoms with Gasteiger partial charge in [0.25, 0.3) is 0 Å². The number of carbonyl (C=O) groups is 1. The first-order valence-corrected chi connectivity index (χ1v) is 10.4. The van der Waals surface area contributed by atoms with E-state index in [0.29, 0.717) is 29.3 Å². The standard InChI is InChI=1S/C21H20Cl2F2N2O3/c22-12-9-15(24)20(16(25)10-12)27-7-5-21(29,6-8-27)11-30-17-3-2-14(23)19-13(17)1-4-18(28)26-19/h2-3,9-10,29H,1,4-8,11H2,(H,26,28). The number of nitrogens with zero attached hydrogens (tertiary/aromatic N) is 1. The summed E-state index contributed by atoms with van der Waals surface area (Å²) in [5, 5.41) is 14.1. The quantitative estimate of drug-likeness (QED) is 0.707. The van der Waals surface area contributed by atoms with Crippen LogP contribution in [0.25, 0.3) is 0 Å². The molecule has 0 spiro atoms. The van der Waals surface area contributed by atoms with Gasteiger partial charge in [-0.3, -0.25) is 4.79 Å². The van der Waals surface area contributed by atoms with Crippen molar-refractivity contribution in [1.29, 1.82) is 0 Å². The molecule has 0 radical (unpaired) electrons. The van der Waals surface area contributed by atoms with Crippen LogP contribution in [-0.2, 0) is 11.2 Å². The number of hydrogen-bond donors (Lipinski definition) is 2. The maximum Gasteiger partial charge on any atom is 0.224 e. The van der Waals surface area contributed by atoms with Gasteiger partial charge in [-0.25, -0.2) is 8.78 Å². The van der Waals surface area contributed by atoms with E-state index in [9.17, 15) is 18.7 Å². The second-order valence-electron chi connectivity index (χ2n) is 7.67. The zero-order chi connectivity index (χ0) is 21.5. The van der Waals surface area contributed by atoms with Crippen LogP contribution in [-0.4, -0.2) is 36.3 Å². The highest BCUT2D eigenvalue weighted by Crippen LogP contribution is 2.38. The highest BCUT2D eigenvalue weighted by molar-refractivity contribution is 6.34. The summed E-state index contributed by atoms with van der Waals surface area (Å²) in [4.78, 5) is 13.2. The number of anilines is 2. The number of aliphatic hydroxyl groups is 1. The number of benzene rings is 2. The van der Waals surface area contributed by atoms with Crippen molar-refractivity contribution in [2.45, 2.75) is 31.3 Å². The number of halogens is 4. The molecule has 0 aromatic heterocycles. The fourth-order valence-electron chi connectivity index (χ4n) is 3.90. The van der Waals surface area contributed by atoms with Crippen LogP contribution >= 0.6 is 23.2 Å². The summed E-state index contributed by atoms with van der Waals surface area (Å²) in [7, 11) is 0. The largest absolute Gasteiger partial charge is 0.490 e. The van der Waals surface area contributed by atoms with E-state index >= 15 is 0 Å². The van der Waals surface area contributed by atoms with Crippen molar-refractivity contribution in [3.8, 4) is 5.75 Å². The fraction of sp³-hybridized carbons (Fsp3) is 0.381. The molecule has 2 aliphatic heterocycles. The summed E-state index contributed by atoms with van der Waals surface area (Å²) in [6.45, 7) is 0.558. The molecule has 1 saturated heterocycles. The molecule has 2 aliphatic rings. The number of carbonyl (C=O) groups excluding carboxylic acids is 1. The molecule has 9 heteroatoms. The van der Waals surface area contributed by atoms with Crippen LogP contribution in [0.4, 0.5) is 20.2 Å². The Morgan fingerprint density at radius 2 is 1.80 bits per heavy atom. The first-order chi connectivity index (χ1) is 14.3. The first-order valence-electron chi connectivity index (χ1n) is 9.62. The van der Waals surface area contributed by atoms with Crippen LogP contribution < -0.4 is 15.0 Å². The number of rotatable bonds is 4. The lowest BCUT2D eigenvalue weighted by molar-refractivity contribution is -0.116. The smallest absolute Gasteiger partial charge is 0.224 e. The number of amides is 1. The van der Waals surface area contributed by atoms with Gasteiger partial charge >= 0.3 is 0 Å². The van der Waals surface area contributed by atoms with Crippen LogP contribution in [0.1, 0.15) is 24.8 Å². The predicted molar refractivity (Wildman–Crippen MR) is 112 cm³/mol. The molecule has 1 amide bonds. The van der Waals surface area contributed by atoms with Crippen molar-refractivity contribution in [2.24, 2.45) is 0 Å². The minimum Gasteiger partial charge on any atom is -0.490 e. The van der Waals surface area contributed by atoms with Gasteiger partial charge in [0.2, 0.25) is 5.91 Å². The Labute approximate surface area is 182 Å². The summed E-state index contributed by atoms with van der Waals surface area (Å²) in [5.74, 6) is -0.998. The predicted octanol–water partition coefficient (Wildman–Crippen LogP) is 4.57. The molecular weight excluding hydrogens is 437 g/mol. The third kappa shape index (κ3) is 4.19. The molecule has 2 N–H and O–H groups in total. The van der Waals surface area contributed by atoms with Gasteiger partial charge in [0.1, 0.15) is 23.6 Å². The molecule has 0 atom stereocenters. The maximum atomic E-state index is 14.2.